The first kappa shape index (κ1) is 22.1. The Labute approximate surface area is 175 Å². The summed E-state index contributed by atoms with van der Waals surface area (Å²) in [6, 6.07) is 6.27. The number of carbonyl (C=O) groups is 5. The number of Topliss-reactive ketones (excluding diaryl/α,β-unsaturated/α-hetero) is 1. The van der Waals surface area contributed by atoms with Gasteiger partial charge in [0.05, 0.1) is 25.4 Å². The Bertz CT molecular complexity index is 1000. The summed E-state index contributed by atoms with van der Waals surface area (Å²) in [6.07, 6.45) is -0.489. The maximum atomic E-state index is 12.6. The summed E-state index contributed by atoms with van der Waals surface area (Å²) < 4.78 is 14.9. The van der Waals surface area contributed by atoms with E-state index in [-0.39, 0.29) is 47.8 Å². The molecule has 0 fully saturated rings. The average molecular weight is 429 g/mol. The molecule has 0 aliphatic heterocycles. The normalized spacial score (nSPS) is 13.2. The third-order valence-electron chi connectivity index (χ3n) is 4.47. The summed E-state index contributed by atoms with van der Waals surface area (Å²) in [5.41, 5.74) is 5.66. The first-order chi connectivity index (χ1) is 14.8. The Balaban J connectivity index is 1.53. The molecule has 1 aliphatic carbocycles. The fourth-order valence-corrected chi connectivity index (χ4v) is 2.88. The molecule has 1 aromatic carbocycles. The van der Waals surface area contributed by atoms with Gasteiger partial charge in [0.25, 0.3) is 0 Å². The van der Waals surface area contributed by atoms with Gasteiger partial charge in [-0.2, -0.15) is 0 Å². The lowest BCUT2D eigenvalue weighted by molar-refractivity contribution is -0.147. The number of rotatable bonds is 9. The van der Waals surface area contributed by atoms with E-state index in [0.29, 0.717) is 0 Å². The number of ether oxygens (including phenoxy) is 2. The van der Waals surface area contributed by atoms with Crippen LogP contribution in [0, 0.1) is 0 Å². The summed E-state index contributed by atoms with van der Waals surface area (Å²) in [7, 11) is 0. The van der Waals surface area contributed by atoms with Crippen LogP contribution in [0.25, 0.3) is 0 Å². The minimum atomic E-state index is -1.13. The lowest BCUT2D eigenvalue weighted by atomic mass is 9.88. The molecule has 1 heterocycles. The molecule has 162 valence electrons. The van der Waals surface area contributed by atoms with Crippen molar-refractivity contribution in [3.63, 3.8) is 0 Å². The molecule has 0 saturated carbocycles. The largest absolute Gasteiger partial charge is 0.465 e. The molecular formula is C21H19NO9. The molecule has 3 N–H and O–H groups in total. The molecule has 0 bridgehead atoms. The summed E-state index contributed by atoms with van der Waals surface area (Å²) in [4.78, 5) is 60.5. The number of aliphatic hydroxyl groups excluding tert-OH is 1. The topological polar surface area (TPSA) is 163 Å². The molecule has 1 atom stereocenters. The lowest BCUT2D eigenvalue weighted by Gasteiger charge is -2.11. The van der Waals surface area contributed by atoms with Crippen LogP contribution in [0.15, 0.2) is 34.7 Å². The van der Waals surface area contributed by atoms with E-state index >= 15 is 0 Å². The standard InChI is InChI=1S/C21H19NO9/c22-14(10-23)21(28)30-7-3-6-29-17(25)9-15(24)16-8-13-18(26)11-4-1-2-5-12(11)19(27)20(13)31-16/h1-2,4-5,8,14,23H,3,6-7,9-10,22H2/t14-/m0/s1. The number of furan rings is 1. The molecule has 0 unspecified atom stereocenters. The van der Waals surface area contributed by atoms with Crippen molar-refractivity contribution < 1.29 is 43.0 Å². The number of aliphatic hydroxyl groups is 1. The van der Waals surface area contributed by atoms with Crippen LogP contribution in [-0.4, -0.2) is 60.3 Å². The van der Waals surface area contributed by atoms with Gasteiger partial charge < -0.3 is 24.7 Å². The van der Waals surface area contributed by atoms with E-state index in [0.717, 1.165) is 6.07 Å². The summed E-state index contributed by atoms with van der Waals surface area (Å²) >= 11 is 0. The van der Waals surface area contributed by atoms with Crippen molar-refractivity contribution in [2.75, 3.05) is 19.8 Å². The second-order valence-corrected chi connectivity index (χ2v) is 6.69. The van der Waals surface area contributed by atoms with Gasteiger partial charge in [0.15, 0.2) is 17.3 Å². The van der Waals surface area contributed by atoms with Crippen molar-refractivity contribution in [2.45, 2.75) is 18.9 Å². The quantitative estimate of drug-likeness (QED) is 0.211. The summed E-state index contributed by atoms with van der Waals surface area (Å²) in [5, 5.41) is 8.71. The number of carbonyl (C=O) groups excluding carboxylic acids is 5. The van der Waals surface area contributed by atoms with E-state index in [1.807, 2.05) is 0 Å². The van der Waals surface area contributed by atoms with Crippen LogP contribution in [0.5, 0.6) is 0 Å². The van der Waals surface area contributed by atoms with Gasteiger partial charge in [-0.05, 0) is 6.07 Å². The number of nitrogens with two attached hydrogens (primary N) is 1. The van der Waals surface area contributed by atoms with Gasteiger partial charge in [-0.25, -0.2) is 0 Å². The smallest absolute Gasteiger partial charge is 0.325 e. The Morgan fingerprint density at radius 2 is 1.65 bits per heavy atom. The minimum absolute atomic E-state index is 0.0247. The third-order valence-corrected chi connectivity index (χ3v) is 4.47. The Kier molecular flexibility index (Phi) is 6.73. The predicted octanol–water partition coefficient (Wildman–Crippen LogP) is 0.424. The van der Waals surface area contributed by atoms with E-state index < -0.39 is 48.4 Å². The second kappa shape index (κ2) is 9.45. The number of hydrogen-bond acceptors (Lipinski definition) is 10. The molecule has 3 rings (SSSR count). The van der Waals surface area contributed by atoms with Crippen molar-refractivity contribution in [3.05, 3.63) is 58.5 Å². The van der Waals surface area contributed by atoms with E-state index in [1.165, 1.54) is 12.1 Å². The predicted molar refractivity (Wildman–Crippen MR) is 103 cm³/mol. The van der Waals surface area contributed by atoms with Crippen LogP contribution < -0.4 is 5.73 Å². The zero-order chi connectivity index (χ0) is 22.5. The van der Waals surface area contributed by atoms with E-state index in [1.54, 1.807) is 12.1 Å². The van der Waals surface area contributed by atoms with Gasteiger partial charge in [0.1, 0.15) is 12.5 Å². The highest BCUT2D eigenvalue weighted by molar-refractivity contribution is 6.28. The number of ketones is 3. The zero-order valence-corrected chi connectivity index (χ0v) is 16.3. The Morgan fingerprint density at radius 3 is 2.32 bits per heavy atom. The molecule has 0 saturated heterocycles. The highest BCUT2D eigenvalue weighted by Gasteiger charge is 2.34. The van der Waals surface area contributed by atoms with E-state index in [4.69, 9.17) is 24.7 Å². The van der Waals surface area contributed by atoms with Gasteiger partial charge in [0.2, 0.25) is 11.6 Å². The molecule has 10 heteroatoms. The van der Waals surface area contributed by atoms with Gasteiger partial charge in [-0.1, -0.05) is 24.3 Å². The highest BCUT2D eigenvalue weighted by Crippen LogP contribution is 2.30. The SMILES string of the molecule is N[C@@H](CO)C(=O)OCCCOC(=O)CC(=O)c1cc2c(o1)C(=O)c1ccccc1C2=O. The number of hydrogen-bond donors (Lipinski definition) is 2. The summed E-state index contributed by atoms with van der Waals surface area (Å²) in [5.74, 6) is -3.85. The van der Waals surface area contributed by atoms with Crippen molar-refractivity contribution in [1.29, 1.82) is 0 Å². The molecule has 10 nitrogen and oxygen atoms in total. The van der Waals surface area contributed by atoms with Crippen LogP contribution in [0.4, 0.5) is 0 Å². The molecule has 0 spiro atoms. The highest BCUT2D eigenvalue weighted by atomic mass is 16.5. The van der Waals surface area contributed by atoms with Crippen LogP contribution in [0.2, 0.25) is 0 Å². The van der Waals surface area contributed by atoms with Crippen molar-refractivity contribution >= 4 is 29.3 Å². The molecule has 0 amide bonds. The lowest BCUT2D eigenvalue weighted by Crippen LogP contribution is -2.35. The van der Waals surface area contributed by atoms with Gasteiger partial charge in [0, 0.05) is 17.5 Å². The fourth-order valence-electron chi connectivity index (χ4n) is 2.88. The van der Waals surface area contributed by atoms with Gasteiger partial charge in [-0.15, -0.1) is 0 Å². The van der Waals surface area contributed by atoms with E-state index in [2.05, 4.69) is 0 Å². The molecule has 1 aliphatic rings. The van der Waals surface area contributed by atoms with Gasteiger partial charge >= 0.3 is 11.9 Å². The molecule has 0 radical (unpaired) electrons. The average Bonchev–Trinajstić information content (AvgIpc) is 3.22. The van der Waals surface area contributed by atoms with Crippen LogP contribution in [0.1, 0.15) is 55.4 Å². The first-order valence-corrected chi connectivity index (χ1v) is 9.37. The van der Waals surface area contributed by atoms with Crippen molar-refractivity contribution in [2.24, 2.45) is 5.73 Å². The molecule has 1 aromatic heterocycles. The minimum Gasteiger partial charge on any atom is -0.465 e. The zero-order valence-electron chi connectivity index (χ0n) is 16.3. The molecule has 2 aromatic rings. The first-order valence-electron chi connectivity index (χ1n) is 9.37. The van der Waals surface area contributed by atoms with Crippen LogP contribution in [0.3, 0.4) is 0 Å². The number of benzene rings is 1. The second-order valence-electron chi connectivity index (χ2n) is 6.69. The molecule has 31 heavy (non-hydrogen) atoms. The van der Waals surface area contributed by atoms with Gasteiger partial charge in [-0.3, -0.25) is 24.0 Å². The number of fused-ring (bicyclic) bond motifs is 2. The Hall–Kier alpha value is -3.63. The molecular weight excluding hydrogens is 410 g/mol. The van der Waals surface area contributed by atoms with Crippen molar-refractivity contribution in [1.82, 2.24) is 0 Å². The maximum Gasteiger partial charge on any atom is 0.325 e. The Morgan fingerprint density at radius 1 is 1.00 bits per heavy atom. The third kappa shape index (κ3) is 4.76. The maximum absolute atomic E-state index is 12.6. The van der Waals surface area contributed by atoms with Crippen molar-refractivity contribution in [3.8, 4) is 0 Å². The van der Waals surface area contributed by atoms with Crippen LogP contribution in [-0.2, 0) is 19.1 Å². The van der Waals surface area contributed by atoms with Crippen LogP contribution >= 0.6 is 0 Å². The number of esters is 2. The van der Waals surface area contributed by atoms with E-state index in [9.17, 15) is 24.0 Å². The monoisotopic (exact) mass is 429 g/mol. The summed E-state index contributed by atoms with van der Waals surface area (Å²) in [6.45, 7) is -0.743. The fraction of sp³-hybridized carbons (Fsp3) is 0.286.